The first-order valence-electron chi connectivity index (χ1n) is 5.66. The Bertz CT molecular complexity index is 716. The van der Waals surface area contributed by atoms with Crippen LogP contribution in [0.2, 0.25) is 0 Å². The summed E-state index contributed by atoms with van der Waals surface area (Å²) >= 11 is 0. The molecule has 0 amide bonds. The van der Waals surface area contributed by atoms with Gasteiger partial charge in [-0.3, -0.25) is 4.72 Å². The van der Waals surface area contributed by atoms with Crippen LogP contribution in [0.1, 0.15) is 5.56 Å². The molecule has 0 aliphatic rings. The van der Waals surface area contributed by atoms with Crippen molar-refractivity contribution in [3.05, 3.63) is 59.7 Å². The molecule has 0 aliphatic heterocycles. The Morgan fingerprint density at radius 2 is 1.70 bits per heavy atom. The number of nitrogen functional groups attached to an aromatic ring is 1. The quantitative estimate of drug-likeness (QED) is 0.852. The minimum atomic E-state index is -3.84. The lowest BCUT2D eigenvalue weighted by molar-refractivity contribution is 0.594. The number of hydrogen-bond acceptors (Lipinski definition) is 3. The van der Waals surface area contributed by atoms with Crippen molar-refractivity contribution in [2.45, 2.75) is 5.75 Å². The Hall–Kier alpha value is -2.15. The molecule has 0 aromatic heterocycles. The van der Waals surface area contributed by atoms with Crippen molar-refractivity contribution in [1.29, 1.82) is 0 Å². The molecule has 0 unspecified atom stereocenters. The monoisotopic (exact) mass is 298 g/mol. The zero-order valence-electron chi connectivity index (χ0n) is 10.3. The van der Waals surface area contributed by atoms with Gasteiger partial charge in [-0.2, -0.15) is 0 Å². The van der Waals surface area contributed by atoms with Crippen LogP contribution in [-0.4, -0.2) is 8.42 Å². The fraction of sp³-hybridized carbons (Fsp3) is 0.0769. The van der Waals surface area contributed by atoms with E-state index in [9.17, 15) is 17.2 Å². The van der Waals surface area contributed by atoms with Crippen LogP contribution in [0.25, 0.3) is 0 Å². The maximum Gasteiger partial charge on any atom is 0.237 e. The Morgan fingerprint density at radius 1 is 1.05 bits per heavy atom. The summed E-state index contributed by atoms with van der Waals surface area (Å²) in [5, 5.41) is 0. The number of nitrogens with two attached hydrogens (primary N) is 1. The summed E-state index contributed by atoms with van der Waals surface area (Å²) < 4.78 is 52.1. The number of rotatable bonds is 4. The van der Waals surface area contributed by atoms with Crippen molar-refractivity contribution in [2.24, 2.45) is 0 Å². The third-order valence-electron chi connectivity index (χ3n) is 2.53. The SMILES string of the molecule is Nc1ccc(CS(=O)(=O)Nc2cc(F)ccc2F)cc1. The fourth-order valence-electron chi connectivity index (χ4n) is 1.61. The number of nitrogens with one attached hydrogen (secondary N) is 1. The van der Waals surface area contributed by atoms with Crippen molar-refractivity contribution in [2.75, 3.05) is 10.5 Å². The van der Waals surface area contributed by atoms with Gasteiger partial charge in [0.1, 0.15) is 11.6 Å². The van der Waals surface area contributed by atoms with Crippen LogP contribution in [0, 0.1) is 11.6 Å². The number of halogens is 2. The van der Waals surface area contributed by atoms with E-state index in [4.69, 9.17) is 5.73 Å². The fourth-order valence-corrected chi connectivity index (χ4v) is 2.81. The van der Waals surface area contributed by atoms with Gasteiger partial charge in [0.05, 0.1) is 11.4 Å². The molecule has 0 heterocycles. The van der Waals surface area contributed by atoms with Gasteiger partial charge in [0.25, 0.3) is 0 Å². The second-order valence-corrected chi connectivity index (χ2v) is 5.95. The highest BCUT2D eigenvalue weighted by Gasteiger charge is 2.14. The lowest BCUT2D eigenvalue weighted by atomic mass is 10.2. The van der Waals surface area contributed by atoms with Crippen LogP contribution in [0.15, 0.2) is 42.5 Å². The molecule has 0 fully saturated rings. The smallest absolute Gasteiger partial charge is 0.237 e. The second kappa shape index (κ2) is 5.46. The Labute approximate surface area is 115 Å². The van der Waals surface area contributed by atoms with Gasteiger partial charge in [-0.25, -0.2) is 17.2 Å². The summed E-state index contributed by atoms with van der Waals surface area (Å²) in [7, 11) is -3.84. The number of hydrogen-bond donors (Lipinski definition) is 2. The molecule has 0 spiro atoms. The molecule has 2 rings (SSSR count). The van der Waals surface area contributed by atoms with Gasteiger partial charge in [-0.15, -0.1) is 0 Å². The predicted octanol–water partition coefficient (Wildman–Crippen LogP) is 2.49. The Kier molecular flexibility index (Phi) is 3.89. The molecule has 0 saturated heterocycles. The zero-order valence-corrected chi connectivity index (χ0v) is 11.1. The summed E-state index contributed by atoms with van der Waals surface area (Å²) in [6.45, 7) is 0. The van der Waals surface area contributed by atoms with E-state index >= 15 is 0 Å². The van der Waals surface area contributed by atoms with Crippen molar-refractivity contribution < 1.29 is 17.2 Å². The maximum absolute atomic E-state index is 13.4. The standard InChI is InChI=1S/C13H12F2N2O2S/c14-10-3-6-12(15)13(7-10)17-20(18,19)8-9-1-4-11(16)5-2-9/h1-7,17H,8,16H2. The van der Waals surface area contributed by atoms with Crippen LogP contribution in [0.3, 0.4) is 0 Å². The summed E-state index contributed by atoms with van der Waals surface area (Å²) in [6.07, 6.45) is 0. The number of anilines is 2. The van der Waals surface area contributed by atoms with Crippen molar-refractivity contribution in [3.63, 3.8) is 0 Å². The molecule has 0 atom stereocenters. The molecule has 2 aromatic rings. The van der Waals surface area contributed by atoms with Gasteiger partial charge in [-0.05, 0) is 29.8 Å². The molecule has 4 nitrogen and oxygen atoms in total. The van der Waals surface area contributed by atoms with Gasteiger partial charge >= 0.3 is 0 Å². The van der Waals surface area contributed by atoms with Crippen molar-refractivity contribution >= 4 is 21.4 Å². The molecule has 0 aliphatic carbocycles. The van der Waals surface area contributed by atoms with E-state index in [0.717, 1.165) is 18.2 Å². The molecule has 2 aromatic carbocycles. The van der Waals surface area contributed by atoms with Gasteiger partial charge < -0.3 is 5.73 Å². The lowest BCUT2D eigenvalue weighted by Gasteiger charge is -2.09. The highest BCUT2D eigenvalue weighted by atomic mass is 32.2. The highest BCUT2D eigenvalue weighted by Crippen LogP contribution is 2.18. The third-order valence-corrected chi connectivity index (χ3v) is 3.77. The summed E-state index contributed by atoms with van der Waals surface area (Å²) in [4.78, 5) is 0. The first-order chi connectivity index (χ1) is 9.35. The second-order valence-electron chi connectivity index (χ2n) is 4.23. The van der Waals surface area contributed by atoms with Crippen LogP contribution in [-0.2, 0) is 15.8 Å². The molecule has 106 valence electrons. The number of benzene rings is 2. The van der Waals surface area contributed by atoms with Crippen LogP contribution in [0.4, 0.5) is 20.2 Å². The Balaban J connectivity index is 2.19. The molecule has 7 heteroatoms. The number of sulfonamides is 1. The van der Waals surface area contributed by atoms with E-state index in [1.54, 1.807) is 24.3 Å². The summed E-state index contributed by atoms with van der Waals surface area (Å²) in [6, 6.07) is 8.79. The lowest BCUT2D eigenvalue weighted by Crippen LogP contribution is -2.16. The minimum Gasteiger partial charge on any atom is -0.399 e. The zero-order chi connectivity index (χ0) is 14.8. The van der Waals surface area contributed by atoms with E-state index in [0.29, 0.717) is 11.3 Å². The molecular formula is C13H12F2N2O2S. The Morgan fingerprint density at radius 3 is 2.35 bits per heavy atom. The van der Waals surface area contributed by atoms with Gasteiger partial charge in [0.2, 0.25) is 10.0 Å². The van der Waals surface area contributed by atoms with Crippen LogP contribution in [0.5, 0.6) is 0 Å². The summed E-state index contributed by atoms with van der Waals surface area (Å²) in [5.41, 5.74) is 6.08. The predicted molar refractivity (Wildman–Crippen MR) is 73.5 cm³/mol. The maximum atomic E-state index is 13.4. The van der Waals surface area contributed by atoms with Crippen molar-refractivity contribution in [3.8, 4) is 0 Å². The van der Waals surface area contributed by atoms with E-state index in [-0.39, 0.29) is 5.75 Å². The highest BCUT2D eigenvalue weighted by molar-refractivity contribution is 7.91. The normalized spacial score (nSPS) is 11.3. The van der Waals surface area contributed by atoms with Crippen molar-refractivity contribution in [1.82, 2.24) is 0 Å². The van der Waals surface area contributed by atoms with Gasteiger partial charge in [0.15, 0.2) is 0 Å². The van der Waals surface area contributed by atoms with Crippen LogP contribution >= 0.6 is 0 Å². The largest absolute Gasteiger partial charge is 0.399 e. The van der Waals surface area contributed by atoms with E-state index < -0.39 is 27.3 Å². The molecule has 0 bridgehead atoms. The topological polar surface area (TPSA) is 72.2 Å². The first kappa shape index (κ1) is 14.3. The molecule has 0 radical (unpaired) electrons. The molecule has 0 saturated carbocycles. The van der Waals surface area contributed by atoms with E-state index in [2.05, 4.69) is 0 Å². The molecular weight excluding hydrogens is 286 g/mol. The third kappa shape index (κ3) is 3.67. The molecule has 3 N–H and O–H groups in total. The molecule has 20 heavy (non-hydrogen) atoms. The van der Waals surface area contributed by atoms with E-state index in [1.807, 2.05) is 4.72 Å². The first-order valence-corrected chi connectivity index (χ1v) is 7.31. The minimum absolute atomic E-state index is 0.358. The van der Waals surface area contributed by atoms with Gasteiger partial charge in [0, 0.05) is 11.8 Å². The summed E-state index contributed by atoms with van der Waals surface area (Å²) in [5.74, 6) is -1.92. The van der Waals surface area contributed by atoms with Crippen LogP contribution < -0.4 is 10.5 Å². The average Bonchev–Trinajstić information content (AvgIpc) is 2.36. The van der Waals surface area contributed by atoms with Gasteiger partial charge in [-0.1, -0.05) is 12.1 Å². The van der Waals surface area contributed by atoms with E-state index in [1.165, 1.54) is 0 Å². The average molecular weight is 298 g/mol.